The van der Waals surface area contributed by atoms with Gasteiger partial charge < -0.3 is 4.74 Å². The minimum Gasteiger partial charge on any atom is -0.483 e. The molecule has 5 nitrogen and oxygen atoms in total. The van der Waals surface area contributed by atoms with Crippen molar-refractivity contribution in [1.29, 1.82) is 0 Å². The second kappa shape index (κ2) is 8.03. The molecule has 1 aromatic rings. The maximum Gasteiger partial charge on any atom is 0.276 e. The molecule has 1 aliphatic rings. The molecule has 0 unspecified atom stereocenters. The number of amides is 2. The van der Waals surface area contributed by atoms with Gasteiger partial charge in [-0.05, 0) is 43.5 Å². The van der Waals surface area contributed by atoms with E-state index in [-0.39, 0.29) is 18.4 Å². The number of hydrogen-bond donors (Lipinski definition) is 2. The van der Waals surface area contributed by atoms with Gasteiger partial charge in [0.05, 0.1) is 0 Å². The minimum absolute atomic E-state index is 0.00785. The lowest BCUT2D eigenvalue weighted by atomic mass is 9.89. The van der Waals surface area contributed by atoms with Crippen LogP contribution >= 0.6 is 11.6 Å². The van der Waals surface area contributed by atoms with E-state index in [2.05, 4.69) is 10.9 Å². The topological polar surface area (TPSA) is 67.4 Å². The number of aryl methyl sites for hydroxylation is 1. The number of carbonyl (C=O) groups is 2. The summed E-state index contributed by atoms with van der Waals surface area (Å²) < 4.78 is 5.41. The Morgan fingerprint density at radius 2 is 1.95 bits per heavy atom. The van der Waals surface area contributed by atoms with Crippen molar-refractivity contribution in [3.05, 3.63) is 28.8 Å². The first kappa shape index (κ1) is 16.6. The molecule has 0 aromatic heterocycles. The van der Waals surface area contributed by atoms with E-state index in [9.17, 15) is 9.59 Å². The fourth-order valence-electron chi connectivity index (χ4n) is 2.55. The summed E-state index contributed by atoms with van der Waals surface area (Å²) in [5.41, 5.74) is 5.72. The summed E-state index contributed by atoms with van der Waals surface area (Å²) in [4.78, 5) is 23.6. The summed E-state index contributed by atoms with van der Waals surface area (Å²) in [6.07, 6.45) is 5.12. The fraction of sp³-hybridized carbons (Fsp3) is 0.500. The van der Waals surface area contributed by atoms with E-state index < -0.39 is 5.91 Å². The minimum atomic E-state index is -0.390. The van der Waals surface area contributed by atoms with Gasteiger partial charge in [0.2, 0.25) is 5.91 Å². The van der Waals surface area contributed by atoms with Crippen LogP contribution in [0.1, 0.15) is 37.7 Å². The highest BCUT2D eigenvalue weighted by molar-refractivity contribution is 6.30. The van der Waals surface area contributed by atoms with Crippen molar-refractivity contribution < 1.29 is 14.3 Å². The lowest BCUT2D eigenvalue weighted by Gasteiger charge is -2.20. The van der Waals surface area contributed by atoms with Gasteiger partial charge in [-0.3, -0.25) is 20.4 Å². The van der Waals surface area contributed by atoms with Crippen LogP contribution < -0.4 is 15.6 Å². The van der Waals surface area contributed by atoms with Crippen LogP contribution in [0.3, 0.4) is 0 Å². The molecule has 1 fully saturated rings. The third-order valence-corrected chi connectivity index (χ3v) is 4.03. The number of nitrogens with one attached hydrogen (secondary N) is 2. The van der Waals surface area contributed by atoms with E-state index in [1.807, 2.05) is 6.92 Å². The standard InChI is InChI=1S/C16H21ClN2O3/c1-11-9-13(17)7-8-14(11)22-10-15(20)18-19-16(21)12-5-3-2-4-6-12/h7-9,12H,2-6,10H2,1H3,(H,18,20)(H,19,21). The number of carbonyl (C=O) groups excluding carboxylic acids is 2. The van der Waals surface area contributed by atoms with Crippen molar-refractivity contribution in [2.75, 3.05) is 6.61 Å². The lowest BCUT2D eigenvalue weighted by molar-refractivity contribution is -0.132. The molecule has 1 aromatic carbocycles. The van der Waals surface area contributed by atoms with Gasteiger partial charge in [0.25, 0.3) is 5.91 Å². The van der Waals surface area contributed by atoms with Gasteiger partial charge >= 0.3 is 0 Å². The van der Waals surface area contributed by atoms with Gasteiger partial charge in [0.1, 0.15) is 5.75 Å². The van der Waals surface area contributed by atoms with E-state index >= 15 is 0 Å². The molecule has 120 valence electrons. The molecule has 22 heavy (non-hydrogen) atoms. The number of benzene rings is 1. The molecule has 2 N–H and O–H groups in total. The van der Waals surface area contributed by atoms with Crippen LogP contribution in [0.4, 0.5) is 0 Å². The van der Waals surface area contributed by atoms with Gasteiger partial charge in [0.15, 0.2) is 6.61 Å². The van der Waals surface area contributed by atoms with Gasteiger partial charge in [-0.15, -0.1) is 0 Å². The van der Waals surface area contributed by atoms with E-state index in [0.29, 0.717) is 10.8 Å². The van der Waals surface area contributed by atoms with Crippen LogP contribution in [0.5, 0.6) is 5.75 Å². The normalized spacial score (nSPS) is 15.2. The SMILES string of the molecule is Cc1cc(Cl)ccc1OCC(=O)NNC(=O)C1CCCCC1. The Hall–Kier alpha value is -1.75. The highest BCUT2D eigenvalue weighted by Gasteiger charge is 2.21. The highest BCUT2D eigenvalue weighted by atomic mass is 35.5. The quantitative estimate of drug-likeness (QED) is 0.837. The summed E-state index contributed by atoms with van der Waals surface area (Å²) in [6, 6.07) is 5.18. The molecule has 1 saturated carbocycles. The first-order valence-electron chi connectivity index (χ1n) is 7.54. The van der Waals surface area contributed by atoms with E-state index in [0.717, 1.165) is 31.2 Å². The number of hydrazine groups is 1. The van der Waals surface area contributed by atoms with Crippen LogP contribution in [-0.4, -0.2) is 18.4 Å². The number of ether oxygens (including phenoxy) is 1. The highest BCUT2D eigenvalue weighted by Crippen LogP contribution is 2.23. The zero-order valence-corrected chi connectivity index (χ0v) is 13.4. The Labute approximate surface area is 135 Å². The van der Waals surface area contributed by atoms with Crippen LogP contribution in [0.15, 0.2) is 18.2 Å². The molecule has 2 rings (SSSR count). The molecule has 0 atom stereocenters. The smallest absolute Gasteiger partial charge is 0.276 e. The lowest BCUT2D eigenvalue weighted by Crippen LogP contribution is -2.46. The van der Waals surface area contributed by atoms with E-state index in [1.165, 1.54) is 6.42 Å². The largest absolute Gasteiger partial charge is 0.483 e. The van der Waals surface area contributed by atoms with Crippen LogP contribution in [0.25, 0.3) is 0 Å². The third-order valence-electron chi connectivity index (χ3n) is 3.80. The molecule has 2 amide bonds. The summed E-state index contributed by atoms with van der Waals surface area (Å²) in [5.74, 6) is 0.0980. The Morgan fingerprint density at radius 1 is 1.23 bits per heavy atom. The van der Waals surface area contributed by atoms with Crippen LogP contribution in [0.2, 0.25) is 5.02 Å². The van der Waals surface area contributed by atoms with Gasteiger partial charge in [-0.2, -0.15) is 0 Å². The van der Waals surface area contributed by atoms with Crippen molar-refractivity contribution in [1.82, 2.24) is 10.9 Å². The number of halogens is 1. The molecule has 6 heteroatoms. The fourth-order valence-corrected chi connectivity index (χ4v) is 2.78. The second-order valence-electron chi connectivity index (χ2n) is 5.57. The molecule has 0 saturated heterocycles. The predicted molar refractivity (Wildman–Crippen MR) is 84.5 cm³/mol. The molecular weight excluding hydrogens is 304 g/mol. The molecule has 0 bridgehead atoms. The summed E-state index contributed by atoms with van der Waals surface area (Å²) in [7, 11) is 0. The molecule has 0 spiro atoms. The second-order valence-corrected chi connectivity index (χ2v) is 6.01. The van der Waals surface area contributed by atoms with Crippen molar-refractivity contribution in [2.24, 2.45) is 5.92 Å². The average Bonchev–Trinajstić information content (AvgIpc) is 2.52. The maximum atomic E-state index is 11.9. The molecular formula is C16H21ClN2O3. The van der Waals surface area contributed by atoms with Crippen molar-refractivity contribution in [2.45, 2.75) is 39.0 Å². The van der Waals surface area contributed by atoms with E-state index in [1.54, 1.807) is 18.2 Å². The van der Waals surface area contributed by atoms with Gasteiger partial charge in [-0.1, -0.05) is 30.9 Å². The number of hydrogen-bond acceptors (Lipinski definition) is 3. The van der Waals surface area contributed by atoms with Crippen molar-refractivity contribution in [3.63, 3.8) is 0 Å². The Morgan fingerprint density at radius 3 is 2.64 bits per heavy atom. The number of rotatable bonds is 4. The van der Waals surface area contributed by atoms with Gasteiger partial charge in [0, 0.05) is 10.9 Å². The third kappa shape index (κ3) is 4.91. The molecule has 0 heterocycles. The van der Waals surface area contributed by atoms with Crippen molar-refractivity contribution >= 4 is 23.4 Å². The maximum absolute atomic E-state index is 11.9. The Kier molecular flexibility index (Phi) is 6.07. The zero-order chi connectivity index (χ0) is 15.9. The Balaban J connectivity index is 1.72. The Bertz CT molecular complexity index is 542. The first-order chi connectivity index (χ1) is 10.6. The summed E-state index contributed by atoms with van der Waals surface area (Å²) in [6.45, 7) is 1.69. The van der Waals surface area contributed by atoms with Crippen LogP contribution in [-0.2, 0) is 9.59 Å². The average molecular weight is 325 g/mol. The first-order valence-corrected chi connectivity index (χ1v) is 7.91. The summed E-state index contributed by atoms with van der Waals surface area (Å²) >= 11 is 5.86. The molecule has 0 aliphatic heterocycles. The summed E-state index contributed by atoms with van der Waals surface area (Å²) in [5, 5.41) is 0.619. The van der Waals surface area contributed by atoms with Crippen LogP contribution in [0, 0.1) is 12.8 Å². The molecule has 0 radical (unpaired) electrons. The monoisotopic (exact) mass is 324 g/mol. The molecule has 1 aliphatic carbocycles. The zero-order valence-electron chi connectivity index (χ0n) is 12.7. The van der Waals surface area contributed by atoms with Crippen molar-refractivity contribution in [3.8, 4) is 5.75 Å². The predicted octanol–water partition coefficient (Wildman–Crippen LogP) is 2.75. The van der Waals surface area contributed by atoms with Gasteiger partial charge in [-0.25, -0.2) is 0 Å². The van der Waals surface area contributed by atoms with E-state index in [4.69, 9.17) is 16.3 Å².